The molecular weight excluding hydrogens is 371 g/mol. The lowest BCUT2D eigenvalue weighted by Gasteiger charge is -2.18. The van der Waals surface area contributed by atoms with Gasteiger partial charge in [0.1, 0.15) is 6.61 Å². The van der Waals surface area contributed by atoms with Crippen LogP contribution in [0.25, 0.3) is 0 Å². The van der Waals surface area contributed by atoms with Crippen LogP contribution < -0.4 is 5.32 Å². The molecule has 0 aliphatic heterocycles. The Balaban J connectivity index is 1.79. The van der Waals surface area contributed by atoms with E-state index in [-0.39, 0.29) is 19.2 Å². The highest BCUT2D eigenvalue weighted by Crippen LogP contribution is 2.16. The van der Waals surface area contributed by atoms with Crippen molar-refractivity contribution in [3.63, 3.8) is 0 Å². The van der Waals surface area contributed by atoms with Crippen LogP contribution in [-0.4, -0.2) is 30.8 Å². The van der Waals surface area contributed by atoms with Crippen LogP contribution >= 0.6 is 0 Å². The second kappa shape index (κ2) is 9.76. The van der Waals surface area contributed by atoms with E-state index in [0.29, 0.717) is 17.7 Å². The molecule has 2 aromatic carbocycles. The van der Waals surface area contributed by atoms with Gasteiger partial charge < -0.3 is 15.0 Å². The van der Waals surface area contributed by atoms with E-state index in [2.05, 4.69) is 16.1 Å². The maximum atomic E-state index is 12.2. The molecule has 8 heteroatoms. The third-order valence-electron chi connectivity index (χ3n) is 3.82. The number of halogens is 3. The third kappa shape index (κ3) is 7.29. The number of carbonyl (C=O) groups is 1. The number of rotatable bonds is 7. The number of amides is 2. The number of hydrogen-bond donors (Lipinski definition) is 1. The Morgan fingerprint density at radius 2 is 1.82 bits per heavy atom. The Kier molecular flexibility index (Phi) is 7.41. The standard InChI is InChI=1S/C20H20F3N3O2/c1-26(12-18-4-2-3-17(9-18)10-24)19(27)25-11-15-5-7-16(8-6-15)13-28-14-20(21,22)23/h2-9H,11-14H2,1H3,(H,25,27). The Labute approximate surface area is 161 Å². The number of ether oxygens (including phenoxy) is 1. The molecule has 5 nitrogen and oxygen atoms in total. The number of alkyl halides is 3. The molecule has 1 N–H and O–H groups in total. The van der Waals surface area contributed by atoms with Crippen LogP contribution in [0.2, 0.25) is 0 Å². The van der Waals surface area contributed by atoms with E-state index in [4.69, 9.17) is 5.26 Å². The van der Waals surface area contributed by atoms with Crippen molar-refractivity contribution in [2.75, 3.05) is 13.7 Å². The van der Waals surface area contributed by atoms with Gasteiger partial charge in [-0.05, 0) is 28.8 Å². The van der Waals surface area contributed by atoms with Gasteiger partial charge in [-0.2, -0.15) is 18.4 Å². The lowest BCUT2D eigenvalue weighted by atomic mass is 10.1. The molecule has 0 fully saturated rings. The summed E-state index contributed by atoms with van der Waals surface area (Å²) >= 11 is 0. The molecule has 0 atom stereocenters. The summed E-state index contributed by atoms with van der Waals surface area (Å²) in [7, 11) is 1.65. The summed E-state index contributed by atoms with van der Waals surface area (Å²) in [5.74, 6) is 0. The Morgan fingerprint density at radius 1 is 1.14 bits per heavy atom. The highest BCUT2D eigenvalue weighted by Gasteiger charge is 2.27. The van der Waals surface area contributed by atoms with Crippen LogP contribution in [0, 0.1) is 11.3 Å². The number of nitrogens with zero attached hydrogens (tertiary/aromatic N) is 2. The normalized spacial score (nSPS) is 11.0. The van der Waals surface area contributed by atoms with Crippen LogP contribution in [0.4, 0.5) is 18.0 Å². The lowest BCUT2D eigenvalue weighted by Crippen LogP contribution is -2.36. The minimum absolute atomic E-state index is 0.128. The summed E-state index contributed by atoms with van der Waals surface area (Å²) in [4.78, 5) is 13.7. The first-order chi connectivity index (χ1) is 13.3. The van der Waals surface area contributed by atoms with Gasteiger partial charge in [-0.3, -0.25) is 0 Å². The van der Waals surface area contributed by atoms with Crippen LogP contribution in [0.3, 0.4) is 0 Å². The van der Waals surface area contributed by atoms with E-state index in [9.17, 15) is 18.0 Å². The summed E-state index contributed by atoms with van der Waals surface area (Å²) in [5, 5.41) is 11.7. The van der Waals surface area contributed by atoms with E-state index < -0.39 is 12.8 Å². The van der Waals surface area contributed by atoms with Crippen molar-refractivity contribution in [1.29, 1.82) is 5.26 Å². The van der Waals surface area contributed by atoms with Crippen molar-refractivity contribution < 1.29 is 22.7 Å². The quantitative estimate of drug-likeness (QED) is 0.777. The van der Waals surface area contributed by atoms with E-state index in [1.165, 1.54) is 4.90 Å². The van der Waals surface area contributed by atoms with Crippen LogP contribution in [0.1, 0.15) is 22.3 Å². The topological polar surface area (TPSA) is 65.4 Å². The summed E-state index contributed by atoms with van der Waals surface area (Å²) < 4.78 is 40.8. The molecule has 2 rings (SSSR count). The molecular formula is C20H20F3N3O2. The molecule has 2 amide bonds. The average Bonchev–Trinajstić information content (AvgIpc) is 2.66. The first kappa shape index (κ1) is 21.3. The predicted octanol–water partition coefficient (Wildman–Crippen LogP) is 3.98. The molecule has 0 heterocycles. The van der Waals surface area contributed by atoms with E-state index in [1.54, 1.807) is 49.5 Å². The van der Waals surface area contributed by atoms with Gasteiger partial charge in [0, 0.05) is 20.1 Å². The summed E-state index contributed by atoms with van der Waals surface area (Å²) in [6.45, 7) is -0.771. The second-order valence-electron chi connectivity index (χ2n) is 6.25. The predicted molar refractivity (Wildman–Crippen MR) is 97.0 cm³/mol. The summed E-state index contributed by atoms with van der Waals surface area (Å²) in [6.07, 6.45) is -4.34. The zero-order chi connectivity index (χ0) is 20.6. The van der Waals surface area contributed by atoms with Crippen molar-refractivity contribution in [2.45, 2.75) is 25.9 Å². The minimum atomic E-state index is -4.34. The SMILES string of the molecule is CN(Cc1cccc(C#N)c1)C(=O)NCc1ccc(COCC(F)(F)F)cc1. The van der Waals surface area contributed by atoms with Gasteiger partial charge in [0.2, 0.25) is 0 Å². The van der Waals surface area contributed by atoms with Gasteiger partial charge in [-0.1, -0.05) is 36.4 Å². The molecule has 0 aliphatic rings. The highest BCUT2D eigenvalue weighted by molar-refractivity contribution is 5.73. The number of nitriles is 1. The fourth-order valence-corrected chi connectivity index (χ4v) is 2.44. The molecule has 148 valence electrons. The lowest BCUT2D eigenvalue weighted by molar-refractivity contribution is -0.176. The molecule has 0 spiro atoms. The average molecular weight is 391 g/mol. The van der Waals surface area contributed by atoms with Crippen molar-refractivity contribution in [3.8, 4) is 6.07 Å². The molecule has 0 saturated carbocycles. The smallest absolute Gasteiger partial charge is 0.367 e. The summed E-state index contributed by atoms with van der Waals surface area (Å²) in [5.41, 5.74) is 2.81. The number of benzene rings is 2. The monoisotopic (exact) mass is 391 g/mol. The largest absolute Gasteiger partial charge is 0.411 e. The van der Waals surface area contributed by atoms with Gasteiger partial charge in [0.25, 0.3) is 0 Å². The first-order valence-electron chi connectivity index (χ1n) is 8.47. The fraction of sp³-hybridized carbons (Fsp3) is 0.300. The maximum Gasteiger partial charge on any atom is 0.411 e. The summed E-state index contributed by atoms with van der Waals surface area (Å²) in [6, 6.07) is 15.6. The molecule has 0 saturated heterocycles. The van der Waals surface area contributed by atoms with Gasteiger partial charge in [-0.15, -0.1) is 0 Å². The van der Waals surface area contributed by atoms with E-state index in [1.807, 2.05) is 6.07 Å². The molecule has 0 radical (unpaired) electrons. The molecule has 0 bridgehead atoms. The molecule has 0 aliphatic carbocycles. The van der Waals surface area contributed by atoms with Gasteiger partial charge in [0.05, 0.1) is 18.2 Å². The zero-order valence-corrected chi connectivity index (χ0v) is 15.3. The number of hydrogen-bond acceptors (Lipinski definition) is 3. The number of urea groups is 1. The van der Waals surface area contributed by atoms with Crippen LogP contribution in [-0.2, 0) is 24.4 Å². The van der Waals surface area contributed by atoms with Crippen molar-refractivity contribution >= 4 is 6.03 Å². The van der Waals surface area contributed by atoms with Crippen molar-refractivity contribution in [1.82, 2.24) is 10.2 Å². The Hall–Kier alpha value is -3.05. The maximum absolute atomic E-state index is 12.2. The van der Waals surface area contributed by atoms with Crippen molar-refractivity contribution in [2.24, 2.45) is 0 Å². The highest BCUT2D eigenvalue weighted by atomic mass is 19.4. The molecule has 28 heavy (non-hydrogen) atoms. The van der Waals surface area contributed by atoms with Gasteiger partial charge in [0.15, 0.2) is 0 Å². The van der Waals surface area contributed by atoms with E-state index in [0.717, 1.165) is 11.1 Å². The molecule has 0 aromatic heterocycles. The van der Waals surface area contributed by atoms with Crippen molar-refractivity contribution in [3.05, 3.63) is 70.8 Å². The van der Waals surface area contributed by atoms with E-state index >= 15 is 0 Å². The molecule has 0 unspecified atom stereocenters. The fourth-order valence-electron chi connectivity index (χ4n) is 2.44. The molecule has 2 aromatic rings. The number of nitrogens with one attached hydrogen (secondary N) is 1. The van der Waals surface area contributed by atoms with Crippen LogP contribution in [0.15, 0.2) is 48.5 Å². The minimum Gasteiger partial charge on any atom is -0.367 e. The zero-order valence-electron chi connectivity index (χ0n) is 15.3. The number of carbonyl (C=O) groups excluding carboxylic acids is 1. The Morgan fingerprint density at radius 3 is 2.46 bits per heavy atom. The van der Waals surface area contributed by atoms with Crippen LogP contribution in [0.5, 0.6) is 0 Å². The second-order valence-corrected chi connectivity index (χ2v) is 6.25. The van der Waals surface area contributed by atoms with Gasteiger partial charge in [-0.25, -0.2) is 4.79 Å². The first-order valence-corrected chi connectivity index (χ1v) is 8.47. The Bertz CT molecular complexity index is 830. The third-order valence-corrected chi connectivity index (χ3v) is 3.82. The van der Waals surface area contributed by atoms with Gasteiger partial charge >= 0.3 is 12.2 Å².